The Morgan fingerprint density at radius 2 is 1.86 bits per heavy atom. The summed E-state index contributed by atoms with van der Waals surface area (Å²) in [5.74, 6) is -0.624. The molecule has 7 nitrogen and oxygen atoms in total. The van der Waals surface area contributed by atoms with Crippen LogP contribution < -0.4 is 16.4 Å². The molecule has 0 unspecified atom stereocenters. The Balaban J connectivity index is 1.60. The van der Waals surface area contributed by atoms with Crippen molar-refractivity contribution in [2.24, 2.45) is 5.92 Å². The van der Waals surface area contributed by atoms with Gasteiger partial charge in [-0.25, -0.2) is 4.79 Å². The van der Waals surface area contributed by atoms with Crippen LogP contribution in [0.15, 0.2) is 57.7 Å². The number of fused-ring (bicyclic) bond motifs is 1. The molecule has 0 saturated heterocycles. The second kappa shape index (κ2) is 8.56. The first-order chi connectivity index (χ1) is 13.4. The van der Waals surface area contributed by atoms with E-state index in [0.717, 1.165) is 5.56 Å². The smallest absolute Gasteiger partial charge is 0.408 e. The lowest BCUT2D eigenvalue weighted by atomic mass is 10.1. The number of para-hydroxylation sites is 2. The zero-order chi connectivity index (χ0) is 20.1. The van der Waals surface area contributed by atoms with Gasteiger partial charge in [0, 0.05) is 18.7 Å². The molecule has 2 aromatic carbocycles. The topological polar surface area (TPSA) is 93.3 Å². The van der Waals surface area contributed by atoms with Crippen LogP contribution in [-0.4, -0.2) is 16.4 Å². The number of nitrogens with one attached hydrogen (secondary N) is 2. The Bertz CT molecular complexity index is 1050. The SMILES string of the molecule is CC(C)CC(=O)Nc1cccc(CNC(=O)Cn2c(=O)oc3ccccc32)c1. The lowest BCUT2D eigenvalue weighted by molar-refractivity contribution is -0.122. The van der Waals surface area contributed by atoms with E-state index >= 15 is 0 Å². The largest absolute Gasteiger partial charge is 0.420 e. The minimum atomic E-state index is -0.564. The van der Waals surface area contributed by atoms with Crippen LogP contribution >= 0.6 is 0 Å². The molecule has 0 aliphatic heterocycles. The molecule has 3 aromatic rings. The number of benzene rings is 2. The summed E-state index contributed by atoms with van der Waals surface area (Å²) in [4.78, 5) is 36.1. The van der Waals surface area contributed by atoms with Crippen molar-refractivity contribution >= 4 is 28.6 Å². The molecule has 2 amide bonds. The third-order valence-electron chi connectivity index (χ3n) is 4.17. The summed E-state index contributed by atoms with van der Waals surface area (Å²) in [6.07, 6.45) is 0.453. The summed E-state index contributed by atoms with van der Waals surface area (Å²) < 4.78 is 6.43. The molecule has 1 heterocycles. The summed E-state index contributed by atoms with van der Waals surface area (Å²) in [7, 11) is 0. The third kappa shape index (κ3) is 4.88. The summed E-state index contributed by atoms with van der Waals surface area (Å²) >= 11 is 0. The van der Waals surface area contributed by atoms with Crippen LogP contribution in [0.5, 0.6) is 0 Å². The zero-order valence-corrected chi connectivity index (χ0v) is 15.9. The van der Waals surface area contributed by atoms with Crippen molar-refractivity contribution in [3.8, 4) is 0 Å². The van der Waals surface area contributed by atoms with E-state index < -0.39 is 5.76 Å². The maximum atomic E-state index is 12.3. The van der Waals surface area contributed by atoms with Gasteiger partial charge in [-0.1, -0.05) is 38.1 Å². The fraction of sp³-hybridized carbons (Fsp3) is 0.286. The van der Waals surface area contributed by atoms with E-state index in [1.165, 1.54) is 4.57 Å². The lowest BCUT2D eigenvalue weighted by Crippen LogP contribution is -2.30. The molecular weight excluding hydrogens is 358 g/mol. The van der Waals surface area contributed by atoms with Gasteiger partial charge >= 0.3 is 5.76 Å². The van der Waals surface area contributed by atoms with Crippen LogP contribution in [0.3, 0.4) is 0 Å². The van der Waals surface area contributed by atoms with Gasteiger partial charge in [0.1, 0.15) is 6.54 Å². The highest BCUT2D eigenvalue weighted by Crippen LogP contribution is 2.13. The second-order valence-electron chi connectivity index (χ2n) is 7.05. The molecule has 0 saturated carbocycles. The average Bonchev–Trinajstić information content (AvgIpc) is 2.95. The molecule has 0 aliphatic rings. The van der Waals surface area contributed by atoms with E-state index in [1.807, 2.05) is 32.0 Å². The molecule has 0 bridgehead atoms. The Hall–Kier alpha value is -3.35. The number of carbonyl (C=O) groups excluding carboxylic acids is 2. The second-order valence-corrected chi connectivity index (χ2v) is 7.05. The van der Waals surface area contributed by atoms with E-state index in [9.17, 15) is 14.4 Å². The highest BCUT2D eigenvalue weighted by atomic mass is 16.4. The van der Waals surface area contributed by atoms with Gasteiger partial charge in [-0.05, 0) is 35.7 Å². The maximum Gasteiger partial charge on any atom is 0.420 e. The van der Waals surface area contributed by atoms with Gasteiger partial charge in [0.15, 0.2) is 5.58 Å². The van der Waals surface area contributed by atoms with Crippen molar-refractivity contribution in [2.75, 3.05) is 5.32 Å². The molecule has 1 aromatic heterocycles. The van der Waals surface area contributed by atoms with E-state index in [1.54, 1.807) is 30.3 Å². The van der Waals surface area contributed by atoms with Crippen LogP contribution in [-0.2, 0) is 22.7 Å². The van der Waals surface area contributed by atoms with Crippen molar-refractivity contribution in [1.29, 1.82) is 0 Å². The highest BCUT2D eigenvalue weighted by molar-refractivity contribution is 5.90. The molecule has 3 rings (SSSR count). The van der Waals surface area contributed by atoms with E-state index in [-0.39, 0.29) is 30.8 Å². The van der Waals surface area contributed by atoms with Crippen molar-refractivity contribution < 1.29 is 14.0 Å². The maximum absolute atomic E-state index is 12.3. The number of amides is 2. The number of hydrogen-bond donors (Lipinski definition) is 2. The summed E-state index contributed by atoms with van der Waals surface area (Å²) in [6.45, 7) is 4.14. The zero-order valence-electron chi connectivity index (χ0n) is 15.9. The first kappa shape index (κ1) is 19.4. The Morgan fingerprint density at radius 1 is 1.07 bits per heavy atom. The monoisotopic (exact) mass is 381 g/mol. The van der Waals surface area contributed by atoms with Crippen molar-refractivity contribution in [1.82, 2.24) is 9.88 Å². The molecule has 0 radical (unpaired) electrons. The number of aromatic nitrogens is 1. The van der Waals surface area contributed by atoms with Crippen molar-refractivity contribution in [3.63, 3.8) is 0 Å². The molecule has 28 heavy (non-hydrogen) atoms. The minimum Gasteiger partial charge on any atom is -0.408 e. The fourth-order valence-electron chi connectivity index (χ4n) is 2.91. The van der Waals surface area contributed by atoms with Gasteiger partial charge < -0.3 is 15.1 Å². The molecule has 7 heteroatoms. The normalized spacial score (nSPS) is 11.0. The van der Waals surface area contributed by atoms with Crippen LogP contribution in [0.25, 0.3) is 11.1 Å². The molecule has 0 fully saturated rings. The van der Waals surface area contributed by atoms with Crippen LogP contribution in [0.4, 0.5) is 5.69 Å². The number of carbonyl (C=O) groups is 2. The Kier molecular flexibility index (Phi) is 5.93. The van der Waals surface area contributed by atoms with E-state index in [0.29, 0.717) is 23.2 Å². The molecule has 146 valence electrons. The van der Waals surface area contributed by atoms with Gasteiger partial charge in [0.05, 0.1) is 5.52 Å². The Labute approximate surface area is 162 Å². The molecule has 0 aliphatic carbocycles. The number of nitrogens with zero attached hydrogens (tertiary/aromatic N) is 1. The van der Waals surface area contributed by atoms with Gasteiger partial charge in [-0.2, -0.15) is 0 Å². The molecular formula is C21H23N3O4. The average molecular weight is 381 g/mol. The van der Waals surface area contributed by atoms with Crippen LogP contribution in [0.1, 0.15) is 25.8 Å². The third-order valence-corrected chi connectivity index (χ3v) is 4.17. The fourth-order valence-corrected chi connectivity index (χ4v) is 2.91. The van der Waals surface area contributed by atoms with Crippen molar-refractivity contribution in [2.45, 2.75) is 33.4 Å². The first-order valence-corrected chi connectivity index (χ1v) is 9.16. The number of rotatable bonds is 7. The minimum absolute atomic E-state index is 0.0394. The molecule has 0 atom stereocenters. The van der Waals surface area contributed by atoms with Crippen LogP contribution in [0.2, 0.25) is 0 Å². The van der Waals surface area contributed by atoms with Gasteiger partial charge in [0.2, 0.25) is 11.8 Å². The van der Waals surface area contributed by atoms with Crippen LogP contribution in [0, 0.1) is 5.92 Å². The number of oxazole rings is 1. The lowest BCUT2D eigenvalue weighted by Gasteiger charge is -2.10. The highest BCUT2D eigenvalue weighted by Gasteiger charge is 2.12. The summed E-state index contributed by atoms with van der Waals surface area (Å²) in [6, 6.07) is 14.3. The van der Waals surface area contributed by atoms with Gasteiger partial charge in [-0.15, -0.1) is 0 Å². The number of anilines is 1. The number of hydrogen-bond acceptors (Lipinski definition) is 4. The predicted octanol–water partition coefficient (Wildman–Crippen LogP) is 2.90. The first-order valence-electron chi connectivity index (χ1n) is 9.16. The summed E-state index contributed by atoms with van der Waals surface area (Å²) in [5.41, 5.74) is 2.57. The van der Waals surface area contributed by atoms with Gasteiger partial charge in [-0.3, -0.25) is 14.2 Å². The van der Waals surface area contributed by atoms with Gasteiger partial charge in [0.25, 0.3) is 0 Å². The summed E-state index contributed by atoms with van der Waals surface area (Å²) in [5, 5.41) is 5.64. The molecule has 0 spiro atoms. The standard InChI is InChI=1S/C21H23N3O4/c1-14(2)10-19(25)23-16-7-5-6-15(11-16)12-22-20(26)13-24-17-8-3-4-9-18(17)28-21(24)27/h3-9,11,14H,10,12-13H2,1-2H3,(H,22,26)(H,23,25). The Morgan fingerprint density at radius 3 is 2.64 bits per heavy atom. The molecule has 2 N–H and O–H groups in total. The van der Waals surface area contributed by atoms with Crippen molar-refractivity contribution in [3.05, 3.63) is 64.6 Å². The van der Waals surface area contributed by atoms with E-state index in [2.05, 4.69) is 10.6 Å². The predicted molar refractivity (Wildman–Crippen MR) is 107 cm³/mol. The van der Waals surface area contributed by atoms with E-state index in [4.69, 9.17) is 4.42 Å². The quantitative estimate of drug-likeness (QED) is 0.658.